The lowest BCUT2D eigenvalue weighted by Gasteiger charge is -2.42. The number of rotatable bonds is 5. The van der Waals surface area contributed by atoms with Crippen LogP contribution >= 0.6 is 0 Å². The highest BCUT2D eigenvalue weighted by atomic mass is 16.5. The minimum absolute atomic E-state index is 0.363. The normalized spacial score (nSPS) is 23.2. The summed E-state index contributed by atoms with van der Waals surface area (Å²) >= 11 is 0. The van der Waals surface area contributed by atoms with E-state index in [4.69, 9.17) is 4.74 Å². The Morgan fingerprint density at radius 3 is 2.50 bits per heavy atom. The lowest BCUT2D eigenvalue weighted by molar-refractivity contribution is 0.0132. The summed E-state index contributed by atoms with van der Waals surface area (Å²) in [5, 5.41) is 3.26. The van der Waals surface area contributed by atoms with Crippen molar-refractivity contribution >= 4 is 0 Å². The second-order valence-corrected chi connectivity index (χ2v) is 4.25. The molecular weight excluding hydrogens is 150 g/mol. The number of nitrogens with one attached hydrogen (secondary N) is 1. The fourth-order valence-electron chi connectivity index (χ4n) is 2.15. The molecule has 1 unspecified atom stereocenters. The number of hydrogen-bond donors (Lipinski definition) is 1. The Morgan fingerprint density at radius 1 is 1.50 bits per heavy atom. The van der Waals surface area contributed by atoms with Crippen molar-refractivity contribution in [1.82, 2.24) is 5.32 Å². The summed E-state index contributed by atoms with van der Waals surface area (Å²) in [5.41, 5.74) is 0.363. The van der Waals surface area contributed by atoms with Crippen LogP contribution in [0.5, 0.6) is 0 Å². The van der Waals surface area contributed by atoms with Crippen LogP contribution < -0.4 is 5.32 Å². The Hall–Kier alpha value is -0.0800. The molecule has 0 saturated heterocycles. The molecule has 0 amide bonds. The van der Waals surface area contributed by atoms with E-state index >= 15 is 0 Å². The first-order chi connectivity index (χ1) is 5.73. The van der Waals surface area contributed by atoms with E-state index in [1.54, 1.807) is 7.11 Å². The van der Waals surface area contributed by atoms with Crippen LogP contribution in [0.2, 0.25) is 0 Å². The van der Waals surface area contributed by atoms with Gasteiger partial charge in [0.1, 0.15) is 0 Å². The average molecular weight is 171 g/mol. The standard InChI is InChI=1S/C10H21NO/c1-10(7-11-2,8-12-3)9-5-4-6-9/h9,11H,4-8H2,1-3H3. The first-order valence-electron chi connectivity index (χ1n) is 4.86. The van der Waals surface area contributed by atoms with Gasteiger partial charge >= 0.3 is 0 Å². The van der Waals surface area contributed by atoms with Gasteiger partial charge in [0.2, 0.25) is 0 Å². The predicted molar refractivity (Wildman–Crippen MR) is 51.3 cm³/mol. The minimum atomic E-state index is 0.363. The van der Waals surface area contributed by atoms with Gasteiger partial charge in [-0.15, -0.1) is 0 Å². The summed E-state index contributed by atoms with van der Waals surface area (Å²) in [4.78, 5) is 0. The predicted octanol–water partition coefficient (Wildman–Crippen LogP) is 1.66. The summed E-state index contributed by atoms with van der Waals surface area (Å²) in [6.07, 6.45) is 4.19. The van der Waals surface area contributed by atoms with E-state index in [-0.39, 0.29) is 0 Å². The largest absolute Gasteiger partial charge is 0.384 e. The summed E-state index contributed by atoms with van der Waals surface area (Å²) < 4.78 is 5.28. The average Bonchev–Trinajstić information content (AvgIpc) is 1.82. The Morgan fingerprint density at radius 2 is 2.17 bits per heavy atom. The molecule has 0 heterocycles. The zero-order chi connectivity index (χ0) is 9.03. The van der Waals surface area contributed by atoms with Gasteiger partial charge in [-0.1, -0.05) is 13.3 Å². The molecule has 0 spiro atoms. The monoisotopic (exact) mass is 171 g/mol. The second kappa shape index (κ2) is 4.24. The third-order valence-corrected chi connectivity index (χ3v) is 3.15. The van der Waals surface area contributed by atoms with Gasteiger partial charge in [-0.05, 0) is 25.8 Å². The van der Waals surface area contributed by atoms with Crippen molar-refractivity contribution in [2.24, 2.45) is 11.3 Å². The molecule has 1 aliphatic carbocycles. The van der Waals surface area contributed by atoms with Crippen molar-refractivity contribution in [1.29, 1.82) is 0 Å². The Bertz CT molecular complexity index is 126. The van der Waals surface area contributed by atoms with E-state index in [2.05, 4.69) is 12.2 Å². The maximum absolute atomic E-state index is 5.28. The zero-order valence-corrected chi connectivity index (χ0v) is 8.52. The second-order valence-electron chi connectivity index (χ2n) is 4.25. The molecule has 0 aromatic carbocycles. The molecule has 1 fully saturated rings. The van der Waals surface area contributed by atoms with Gasteiger partial charge in [0.15, 0.2) is 0 Å². The molecule has 1 saturated carbocycles. The SMILES string of the molecule is CNCC(C)(COC)C1CCC1. The Balaban J connectivity index is 2.44. The van der Waals surface area contributed by atoms with Crippen molar-refractivity contribution in [3.05, 3.63) is 0 Å². The van der Waals surface area contributed by atoms with Crippen molar-refractivity contribution in [2.75, 3.05) is 27.3 Å². The summed E-state index contributed by atoms with van der Waals surface area (Å²) in [5.74, 6) is 0.880. The van der Waals surface area contributed by atoms with Crippen LogP contribution in [-0.2, 0) is 4.74 Å². The maximum atomic E-state index is 5.28. The highest BCUT2D eigenvalue weighted by Crippen LogP contribution is 2.41. The first-order valence-corrected chi connectivity index (χ1v) is 4.86. The van der Waals surface area contributed by atoms with E-state index in [9.17, 15) is 0 Å². The van der Waals surface area contributed by atoms with Crippen LogP contribution in [-0.4, -0.2) is 27.3 Å². The smallest absolute Gasteiger partial charge is 0.0530 e. The quantitative estimate of drug-likeness (QED) is 0.679. The third kappa shape index (κ3) is 1.99. The molecule has 1 rings (SSSR count). The molecule has 0 aromatic heterocycles. The highest BCUT2D eigenvalue weighted by Gasteiger charge is 2.37. The molecule has 2 heteroatoms. The molecule has 0 aromatic rings. The van der Waals surface area contributed by atoms with Crippen molar-refractivity contribution in [3.63, 3.8) is 0 Å². The Kier molecular flexibility index (Phi) is 3.53. The molecule has 0 radical (unpaired) electrons. The molecule has 0 bridgehead atoms. The van der Waals surface area contributed by atoms with Gasteiger partial charge in [0.25, 0.3) is 0 Å². The molecule has 1 aliphatic rings. The topological polar surface area (TPSA) is 21.3 Å². The number of methoxy groups -OCH3 is 1. The van der Waals surface area contributed by atoms with E-state index in [1.165, 1.54) is 19.3 Å². The number of ether oxygens (including phenoxy) is 1. The van der Waals surface area contributed by atoms with Gasteiger partial charge in [-0.25, -0.2) is 0 Å². The zero-order valence-electron chi connectivity index (χ0n) is 8.52. The number of hydrogen-bond acceptors (Lipinski definition) is 2. The molecule has 1 atom stereocenters. The molecule has 12 heavy (non-hydrogen) atoms. The van der Waals surface area contributed by atoms with E-state index in [0.29, 0.717) is 5.41 Å². The van der Waals surface area contributed by atoms with Gasteiger partial charge < -0.3 is 10.1 Å². The van der Waals surface area contributed by atoms with Crippen molar-refractivity contribution in [3.8, 4) is 0 Å². The summed E-state index contributed by atoms with van der Waals surface area (Å²) in [7, 11) is 3.82. The minimum Gasteiger partial charge on any atom is -0.384 e. The molecule has 1 N–H and O–H groups in total. The molecule has 0 aliphatic heterocycles. The van der Waals surface area contributed by atoms with E-state index < -0.39 is 0 Å². The first kappa shape index (κ1) is 10.0. The van der Waals surface area contributed by atoms with Crippen LogP contribution in [0, 0.1) is 11.3 Å². The van der Waals surface area contributed by atoms with Crippen LogP contribution in [0.4, 0.5) is 0 Å². The van der Waals surface area contributed by atoms with Gasteiger partial charge in [0.05, 0.1) is 6.61 Å². The fourth-order valence-corrected chi connectivity index (χ4v) is 2.15. The summed E-state index contributed by atoms with van der Waals surface area (Å²) in [6.45, 7) is 4.29. The Labute approximate surface area is 75.7 Å². The molecule has 72 valence electrons. The van der Waals surface area contributed by atoms with Crippen LogP contribution in [0.15, 0.2) is 0 Å². The van der Waals surface area contributed by atoms with Crippen LogP contribution in [0.3, 0.4) is 0 Å². The van der Waals surface area contributed by atoms with E-state index in [1.807, 2.05) is 7.05 Å². The third-order valence-electron chi connectivity index (χ3n) is 3.15. The van der Waals surface area contributed by atoms with Gasteiger partial charge in [-0.3, -0.25) is 0 Å². The van der Waals surface area contributed by atoms with Crippen LogP contribution in [0.25, 0.3) is 0 Å². The van der Waals surface area contributed by atoms with E-state index in [0.717, 1.165) is 19.1 Å². The maximum Gasteiger partial charge on any atom is 0.0530 e. The molecular formula is C10H21NO. The van der Waals surface area contributed by atoms with Crippen molar-refractivity contribution < 1.29 is 4.74 Å². The van der Waals surface area contributed by atoms with Crippen LogP contribution in [0.1, 0.15) is 26.2 Å². The lowest BCUT2D eigenvalue weighted by Crippen LogP contribution is -2.43. The highest BCUT2D eigenvalue weighted by molar-refractivity contribution is 4.88. The fraction of sp³-hybridized carbons (Fsp3) is 1.00. The van der Waals surface area contributed by atoms with Gasteiger partial charge in [0, 0.05) is 19.1 Å². The van der Waals surface area contributed by atoms with Crippen molar-refractivity contribution in [2.45, 2.75) is 26.2 Å². The summed E-state index contributed by atoms with van der Waals surface area (Å²) in [6, 6.07) is 0. The lowest BCUT2D eigenvalue weighted by atomic mass is 9.66. The molecule has 2 nitrogen and oxygen atoms in total. The van der Waals surface area contributed by atoms with Gasteiger partial charge in [-0.2, -0.15) is 0 Å².